The fourth-order valence-corrected chi connectivity index (χ4v) is 2.34. The van der Waals surface area contributed by atoms with Gasteiger partial charge in [0.15, 0.2) is 11.0 Å². The van der Waals surface area contributed by atoms with Crippen LogP contribution in [0.25, 0.3) is 5.95 Å². The molecule has 0 saturated heterocycles. The van der Waals surface area contributed by atoms with Crippen LogP contribution in [0.3, 0.4) is 0 Å². The van der Waals surface area contributed by atoms with Gasteiger partial charge in [-0.3, -0.25) is 0 Å². The maximum Gasteiger partial charge on any atom is 0.319 e. The molecule has 3 rings (SSSR count). The van der Waals surface area contributed by atoms with Crippen LogP contribution in [0.1, 0.15) is 18.8 Å². The minimum Gasteiger partial charge on any atom is -0.328 e. The Morgan fingerprint density at radius 3 is 2.72 bits per heavy atom. The van der Waals surface area contributed by atoms with Gasteiger partial charge < -0.3 is 10.6 Å². The van der Waals surface area contributed by atoms with Crippen molar-refractivity contribution in [1.82, 2.24) is 35.0 Å². The fraction of sp³-hybridized carbons (Fsp3) is 0.143. The second kappa shape index (κ2) is 7.41. The van der Waals surface area contributed by atoms with Gasteiger partial charge in [0.2, 0.25) is 0 Å². The first kappa shape index (κ1) is 17.1. The summed E-state index contributed by atoms with van der Waals surface area (Å²) in [6.07, 6.45) is 5.93. The summed E-state index contributed by atoms with van der Waals surface area (Å²) in [5.74, 6) is 0.822. The summed E-state index contributed by atoms with van der Waals surface area (Å²) in [5, 5.41) is 9.89. The Kier molecular flexibility index (Phi) is 5.05. The maximum absolute atomic E-state index is 12.2. The lowest BCUT2D eigenvalue weighted by atomic mass is 10.3. The molecule has 3 heterocycles. The fourth-order valence-electron chi connectivity index (χ4n) is 2.03. The minimum absolute atomic E-state index is 0.132. The van der Waals surface area contributed by atoms with Crippen LogP contribution in [0.4, 0.5) is 10.5 Å². The molecule has 25 heavy (non-hydrogen) atoms. The number of nitrogens with one attached hydrogen (secondary N) is 2. The number of carbonyl (C=O) groups is 1. The van der Waals surface area contributed by atoms with Gasteiger partial charge in [-0.1, -0.05) is 23.2 Å². The van der Waals surface area contributed by atoms with E-state index < -0.39 is 12.1 Å². The Balaban J connectivity index is 1.73. The maximum atomic E-state index is 12.2. The Morgan fingerprint density at radius 1 is 1.20 bits per heavy atom. The molecular weight excluding hydrogens is 367 g/mol. The summed E-state index contributed by atoms with van der Waals surface area (Å²) in [6.45, 7) is 1.75. The van der Waals surface area contributed by atoms with Crippen LogP contribution in [0.5, 0.6) is 0 Å². The van der Waals surface area contributed by atoms with E-state index in [1.165, 1.54) is 23.3 Å². The number of amides is 2. The normalized spacial score (nSPS) is 11.8. The molecule has 0 aromatic carbocycles. The van der Waals surface area contributed by atoms with Gasteiger partial charge in [0.05, 0.1) is 16.8 Å². The van der Waals surface area contributed by atoms with Gasteiger partial charge in [-0.05, 0) is 19.1 Å². The second-order valence-corrected chi connectivity index (χ2v) is 5.69. The minimum atomic E-state index is -0.498. The van der Waals surface area contributed by atoms with Crippen molar-refractivity contribution in [2.45, 2.75) is 13.0 Å². The first-order chi connectivity index (χ1) is 12.0. The number of hydrogen-bond acceptors (Lipinski definition) is 6. The molecule has 9 nitrogen and oxygen atoms in total. The van der Waals surface area contributed by atoms with Crippen LogP contribution >= 0.6 is 23.2 Å². The van der Waals surface area contributed by atoms with E-state index in [0.717, 1.165) is 0 Å². The summed E-state index contributed by atoms with van der Waals surface area (Å²) in [6, 6.07) is 2.22. The number of nitrogens with zero attached hydrogens (tertiary/aromatic N) is 6. The molecule has 0 spiro atoms. The van der Waals surface area contributed by atoms with Crippen LogP contribution < -0.4 is 10.6 Å². The van der Waals surface area contributed by atoms with Gasteiger partial charge in [0, 0.05) is 18.6 Å². The highest BCUT2D eigenvalue weighted by molar-refractivity contribution is 6.34. The number of halogens is 2. The van der Waals surface area contributed by atoms with Crippen molar-refractivity contribution in [3.05, 3.63) is 53.1 Å². The van der Waals surface area contributed by atoms with Crippen LogP contribution in [0.2, 0.25) is 10.2 Å². The van der Waals surface area contributed by atoms with Crippen LogP contribution in [-0.2, 0) is 0 Å². The molecule has 0 aliphatic heterocycles. The van der Waals surface area contributed by atoms with E-state index >= 15 is 0 Å². The number of urea groups is 1. The van der Waals surface area contributed by atoms with Crippen molar-refractivity contribution in [1.29, 1.82) is 0 Å². The molecule has 3 aromatic rings. The monoisotopic (exact) mass is 378 g/mol. The quantitative estimate of drug-likeness (QED) is 0.675. The Hall–Kier alpha value is -2.78. The first-order valence-electron chi connectivity index (χ1n) is 7.10. The molecule has 0 bridgehead atoms. The second-order valence-electron chi connectivity index (χ2n) is 4.89. The molecule has 2 amide bonds. The summed E-state index contributed by atoms with van der Waals surface area (Å²) in [4.78, 5) is 28.4. The third kappa shape index (κ3) is 4.01. The molecule has 0 fully saturated rings. The van der Waals surface area contributed by atoms with E-state index in [4.69, 9.17) is 23.2 Å². The van der Waals surface area contributed by atoms with E-state index in [2.05, 4.69) is 35.7 Å². The highest BCUT2D eigenvalue weighted by Gasteiger charge is 2.18. The SMILES string of the molecule is CC(NC(=O)Nc1cc(Cl)cnc1Cl)c1ncnn1-c1ncccn1. The van der Waals surface area contributed by atoms with Crippen molar-refractivity contribution < 1.29 is 4.79 Å². The molecule has 11 heteroatoms. The first-order valence-corrected chi connectivity index (χ1v) is 7.86. The Morgan fingerprint density at radius 2 is 1.96 bits per heavy atom. The predicted octanol–water partition coefficient (Wildman–Crippen LogP) is 2.64. The summed E-state index contributed by atoms with van der Waals surface area (Å²) >= 11 is 11.8. The summed E-state index contributed by atoms with van der Waals surface area (Å²) < 4.78 is 1.44. The van der Waals surface area contributed by atoms with Crippen molar-refractivity contribution in [2.24, 2.45) is 0 Å². The van der Waals surface area contributed by atoms with Gasteiger partial charge >= 0.3 is 6.03 Å². The van der Waals surface area contributed by atoms with Crippen molar-refractivity contribution >= 4 is 34.9 Å². The van der Waals surface area contributed by atoms with Gasteiger partial charge in [0.25, 0.3) is 5.95 Å². The van der Waals surface area contributed by atoms with Crippen LogP contribution in [0.15, 0.2) is 37.1 Å². The average molecular weight is 379 g/mol. The average Bonchev–Trinajstić information content (AvgIpc) is 3.09. The van der Waals surface area contributed by atoms with E-state index in [9.17, 15) is 4.79 Å². The van der Waals surface area contributed by atoms with E-state index in [1.807, 2.05) is 0 Å². The van der Waals surface area contributed by atoms with Gasteiger partial charge in [-0.15, -0.1) is 0 Å². The molecule has 2 N–H and O–H groups in total. The largest absolute Gasteiger partial charge is 0.328 e. The van der Waals surface area contributed by atoms with Gasteiger partial charge in [-0.2, -0.15) is 9.78 Å². The number of hydrogen-bond donors (Lipinski definition) is 2. The van der Waals surface area contributed by atoms with Gasteiger partial charge in [-0.25, -0.2) is 24.7 Å². The molecule has 1 unspecified atom stereocenters. The summed E-state index contributed by atoms with van der Waals surface area (Å²) in [7, 11) is 0. The molecule has 0 aliphatic carbocycles. The number of carbonyl (C=O) groups excluding carboxylic acids is 1. The molecule has 1 atom stereocenters. The lowest BCUT2D eigenvalue weighted by Gasteiger charge is -2.15. The standard InChI is InChI=1S/C14H12Cl2N8O/c1-8(12-20-7-21-24(12)13-17-3-2-4-18-13)22-14(25)23-10-5-9(15)6-19-11(10)16/h2-8H,1H3,(H2,22,23,25). The third-order valence-electron chi connectivity index (χ3n) is 3.10. The van der Waals surface area contributed by atoms with Gasteiger partial charge in [0.1, 0.15) is 6.33 Å². The number of anilines is 1. The van der Waals surface area contributed by atoms with Crippen LogP contribution in [-0.4, -0.2) is 35.7 Å². The molecule has 3 aromatic heterocycles. The van der Waals surface area contributed by atoms with Crippen LogP contribution in [0, 0.1) is 0 Å². The number of aromatic nitrogens is 6. The molecular formula is C14H12Cl2N8O. The Bertz CT molecular complexity index is 886. The van der Waals surface area contributed by atoms with Crippen molar-refractivity contribution in [2.75, 3.05) is 5.32 Å². The number of pyridine rings is 1. The zero-order chi connectivity index (χ0) is 17.8. The van der Waals surface area contributed by atoms with E-state index in [-0.39, 0.29) is 5.15 Å². The highest BCUT2D eigenvalue weighted by atomic mass is 35.5. The lowest BCUT2D eigenvalue weighted by Crippen LogP contribution is -2.32. The number of rotatable bonds is 4. The highest BCUT2D eigenvalue weighted by Crippen LogP contribution is 2.22. The smallest absolute Gasteiger partial charge is 0.319 e. The topological polar surface area (TPSA) is 111 Å². The molecule has 0 radical (unpaired) electrons. The molecule has 0 aliphatic rings. The molecule has 128 valence electrons. The van der Waals surface area contributed by atoms with Crippen molar-refractivity contribution in [3.8, 4) is 5.95 Å². The summed E-state index contributed by atoms with van der Waals surface area (Å²) in [5.41, 5.74) is 0.298. The predicted molar refractivity (Wildman–Crippen MR) is 91.8 cm³/mol. The zero-order valence-electron chi connectivity index (χ0n) is 12.9. The van der Waals surface area contributed by atoms with E-state index in [0.29, 0.717) is 22.5 Å². The Labute approximate surface area is 152 Å². The zero-order valence-corrected chi connectivity index (χ0v) is 14.4. The van der Waals surface area contributed by atoms with E-state index in [1.54, 1.807) is 25.4 Å². The third-order valence-corrected chi connectivity index (χ3v) is 3.61. The van der Waals surface area contributed by atoms with Crippen molar-refractivity contribution in [3.63, 3.8) is 0 Å². The lowest BCUT2D eigenvalue weighted by molar-refractivity contribution is 0.248. The molecule has 0 saturated carbocycles.